The Kier molecular flexibility index (Phi) is 8.02. The van der Waals surface area contributed by atoms with Crippen LogP contribution in [0.1, 0.15) is 0 Å². The molecule has 0 aliphatic heterocycles. The lowest BCUT2D eigenvalue weighted by molar-refractivity contribution is 0.670. The molecule has 0 aliphatic rings. The Balaban J connectivity index is 1.00. The average molecular weight is 838 g/mol. The first kappa shape index (κ1) is 36.7. The standard InChI is InChI=1S/C64H39NO/c1-3-18-40(19-4-1)42-35-37-58-56(38-42)44-22-15-16-33-57(44)65(58)63-52-29-13-11-27-50(52)62(51-28-12-14-30-53(51)63)55-32-17-31-54-45-36-34-43(39-59(45)66-64(54)55)61-48-25-9-7-23-46(48)60(41-20-5-2-6-21-41)47-24-8-10-26-49(47)61/h1-39H. The largest absolute Gasteiger partial charge is 0.455 e. The Morgan fingerprint density at radius 1 is 0.258 bits per heavy atom. The van der Waals surface area contributed by atoms with E-state index in [1.807, 2.05) is 0 Å². The monoisotopic (exact) mass is 837 g/mol. The second-order valence-electron chi connectivity index (χ2n) is 17.5. The van der Waals surface area contributed by atoms with Crippen molar-refractivity contribution in [3.05, 3.63) is 237 Å². The van der Waals surface area contributed by atoms with E-state index in [1.165, 1.54) is 104 Å². The van der Waals surface area contributed by atoms with Crippen molar-refractivity contribution in [3.8, 4) is 50.2 Å². The van der Waals surface area contributed by atoms with Gasteiger partial charge < -0.3 is 8.98 Å². The first-order chi connectivity index (χ1) is 32.8. The van der Waals surface area contributed by atoms with Crippen LogP contribution in [-0.4, -0.2) is 4.57 Å². The summed E-state index contributed by atoms with van der Waals surface area (Å²) in [4.78, 5) is 0. The van der Waals surface area contributed by atoms with Crippen LogP contribution in [0.25, 0.3) is 137 Å². The molecule has 12 aromatic carbocycles. The van der Waals surface area contributed by atoms with Crippen molar-refractivity contribution in [2.45, 2.75) is 0 Å². The Morgan fingerprint density at radius 3 is 1.35 bits per heavy atom. The number of para-hydroxylation sites is 2. The molecule has 0 aliphatic carbocycles. The van der Waals surface area contributed by atoms with E-state index in [4.69, 9.17) is 4.42 Å². The van der Waals surface area contributed by atoms with Crippen LogP contribution in [0.2, 0.25) is 0 Å². The van der Waals surface area contributed by atoms with Gasteiger partial charge >= 0.3 is 0 Å². The molecule has 306 valence electrons. The van der Waals surface area contributed by atoms with Gasteiger partial charge in [-0.05, 0) is 96.0 Å². The molecule has 2 heteroatoms. The zero-order chi connectivity index (χ0) is 43.3. The molecule has 0 fully saturated rings. The molecular weight excluding hydrogens is 799 g/mol. The average Bonchev–Trinajstić information content (AvgIpc) is 3.93. The molecule has 0 saturated heterocycles. The van der Waals surface area contributed by atoms with Gasteiger partial charge in [0.1, 0.15) is 11.2 Å². The molecule has 0 atom stereocenters. The fourth-order valence-corrected chi connectivity index (χ4v) is 11.2. The fourth-order valence-electron chi connectivity index (χ4n) is 11.2. The molecule has 14 aromatic rings. The van der Waals surface area contributed by atoms with Gasteiger partial charge in [-0.3, -0.25) is 0 Å². The van der Waals surface area contributed by atoms with E-state index in [1.54, 1.807) is 0 Å². The predicted molar refractivity (Wildman–Crippen MR) is 280 cm³/mol. The summed E-state index contributed by atoms with van der Waals surface area (Å²) in [5, 5.41) is 14.4. The molecule has 2 heterocycles. The van der Waals surface area contributed by atoms with Gasteiger partial charge in [-0.2, -0.15) is 0 Å². The number of aromatic nitrogens is 1. The first-order valence-electron chi connectivity index (χ1n) is 22.8. The fraction of sp³-hybridized carbons (Fsp3) is 0. The Morgan fingerprint density at radius 2 is 0.727 bits per heavy atom. The maximum absolute atomic E-state index is 7.18. The highest BCUT2D eigenvalue weighted by atomic mass is 16.3. The highest BCUT2D eigenvalue weighted by Crippen LogP contribution is 2.49. The van der Waals surface area contributed by atoms with E-state index in [9.17, 15) is 0 Å². The van der Waals surface area contributed by atoms with Crippen molar-refractivity contribution in [2.24, 2.45) is 0 Å². The van der Waals surface area contributed by atoms with Crippen LogP contribution in [-0.2, 0) is 0 Å². The van der Waals surface area contributed by atoms with Crippen LogP contribution in [0.15, 0.2) is 241 Å². The van der Waals surface area contributed by atoms with Crippen molar-refractivity contribution in [1.82, 2.24) is 4.57 Å². The number of fused-ring (bicyclic) bond motifs is 10. The van der Waals surface area contributed by atoms with Crippen LogP contribution >= 0.6 is 0 Å². The zero-order valence-electron chi connectivity index (χ0n) is 35.9. The molecule has 0 bridgehead atoms. The lowest BCUT2D eigenvalue weighted by Crippen LogP contribution is -1.99. The van der Waals surface area contributed by atoms with Gasteiger partial charge in [-0.1, -0.05) is 206 Å². The maximum Gasteiger partial charge on any atom is 0.143 e. The Hall–Kier alpha value is -8.72. The van der Waals surface area contributed by atoms with Crippen molar-refractivity contribution in [3.63, 3.8) is 0 Å². The molecular formula is C64H39NO. The second-order valence-corrected chi connectivity index (χ2v) is 17.5. The SMILES string of the molecule is c1ccc(-c2ccc3c(c2)c2ccccc2n3-c2c3ccccc3c(-c3cccc4c3oc3cc(-c5c6ccccc6c(-c6ccccc6)c6ccccc56)ccc34)c3ccccc23)cc1. The van der Waals surface area contributed by atoms with Crippen molar-refractivity contribution in [2.75, 3.05) is 0 Å². The molecule has 0 amide bonds. The zero-order valence-corrected chi connectivity index (χ0v) is 35.9. The summed E-state index contributed by atoms with van der Waals surface area (Å²) in [7, 11) is 0. The summed E-state index contributed by atoms with van der Waals surface area (Å²) in [6.45, 7) is 0. The van der Waals surface area contributed by atoms with Gasteiger partial charge in [0.2, 0.25) is 0 Å². The van der Waals surface area contributed by atoms with Crippen LogP contribution < -0.4 is 0 Å². The van der Waals surface area contributed by atoms with Crippen LogP contribution in [0.3, 0.4) is 0 Å². The molecule has 2 aromatic heterocycles. The summed E-state index contributed by atoms with van der Waals surface area (Å²) in [6, 6.07) is 86.3. The topological polar surface area (TPSA) is 18.1 Å². The maximum atomic E-state index is 7.18. The summed E-state index contributed by atoms with van der Waals surface area (Å²) >= 11 is 0. The molecule has 0 N–H and O–H groups in total. The smallest absolute Gasteiger partial charge is 0.143 e. The van der Waals surface area contributed by atoms with E-state index >= 15 is 0 Å². The van der Waals surface area contributed by atoms with E-state index in [-0.39, 0.29) is 0 Å². The van der Waals surface area contributed by atoms with Crippen molar-refractivity contribution in [1.29, 1.82) is 0 Å². The van der Waals surface area contributed by atoms with Crippen molar-refractivity contribution >= 4 is 86.8 Å². The van der Waals surface area contributed by atoms with Gasteiger partial charge in [0.05, 0.1) is 16.7 Å². The summed E-state index contributed by atoms with van der Waals surface area (Å²) < 4.78 is 9.67. The van der Waals surface area contributed by atoms with Crippen LogP contribution in [0.5, 0.6) is 0 Å². The molecule has 14 rings (SSSR count). The highest BCUT2D eigenvalue weighted by Gasteiger charge is 2.24. The summed E-state index contributed by atoms with van der Waals surface area (Å²) in [5.41, 5.74) is 14.9. The van der Waals surface area contributed by atoms with Gasteiger partial charge in [0.15, 0.2) is 0 Å². The van der Waals surface area contributed by atoms with Gasteiger partial charge in [-0.25, -0.2) is 0 Å². The highest BCUT2D eigenvalue weighted by molar-refractivity contribution is 6.25. The van der Waals surface area contributed by atoms with E-state index in [0.717, 1.165) is 33.1 Å². The minimum atomic E-state index is 0.876. The molecule has 0 unspecified atom stereocenters. The van der Waals surface area contributed by atoms with Crippen molar-refractivity contribution < 1.29 is 4.42 Å². The number of hydrogen-bond acceptors (Lipinski definition) is 1. The first-order valence-corrected chi connectivity index (χ1v) is 22.8. The number of rotatable bonds is 5. The van der Waals surface area contributed by atoms with Gasteiger partial charge in [0, 0.05) is 43.4 Å². The lowest BCUT2D eigenvalue weighted by atomic mass is 9.86. The second kappa shape index (κ2) is 14.4. The molecule has 0 spiro atoms. The number of hydrogen-bond donors (Lipinski definition) is 0. The van der Waals surface area contributed by atoms with E-state index in [2.05, 4.69) is 241 Å². The third-order valence-electron chi connectivity index (χ3n) is 14.0. The normalized spacial score (nSPS) is 11.9. The Labute approximate surface area is 380 Å². The predicted octanol–water partition coefficient (Wildman–Crippen LogP) is 18.0. The lowest BCUT2D eigenvalue weighted by Gasteiger charge is -2.19. The molecule has 66 heavy (non-hydrogen) atoms. The minimum absolute atomic E-state index is 0.876. The van der Waals surface area contributed by atoms with Crippen LogP contribution in [0, 0.1) is 0 Å². The van der Waals surface area contributed by atoms with Crippen LogP contribution in [0.4, 0.5) is 0 Å². The molecule has 2 nitrogen and oxygen atoms in total. The third-order valence-corrected chi connectivity index (χ3v) is 14.0. The van der Waals surface area contributed by atoms with E-state index in [0.29, 0.717) is 0 Å². The van der Waals surface area contributed by atoms with Gasteiger partial charge in [-0.15, -0.1) is 0 Å². The number of benzene rings is 12. The third kappa shape index (κ3) is 5.36. The number of nitrogens with zero attached hydrogens (tertiary/aromatic N) is 1. The summed E-state index contributed by atoms with van der Waals surface area (Å²) in [6.07, 6.45) is 0. The minimum Gasteiger partial charge on any atom is -0.455 e. The molecule has 0 radical (unpaired) electrons. The van der Waals surface area contributed by atoms with Gasteiger partial charge in [0.25, 0.3) is 0 Å². The Bertz CT molecular complexity index is 4160. The number of furan rings is 1. The summed E-state index contributed by atoms with van der Waals surface area (Å²) in [5.74, 6) is 0. The van der Waals surface area contributed by atoms with E-state index < -0.39 is 0 Å². The quantitative estimate of drug-likeness (QED) is 0.158. The molecule has 0 saturated carbocycles.